The van der Waals surface area contributed by atoms with Gasteiger partial charge in [-0.1, -0.05) is 5.92 Å². The van der Waals surface area contributed by atoms with Crippen LogP contribution in [0.1, 0.15) is 0 Å². The van der Waals surface area contributed by atoms with E-state index in [0.29, 0.717) is 0 Å². The minimum absolute atomic E-state index is 0.0516. The van der Waals surface area contributed by atoms with Gasteiger partial charge in [-0.25, -0.2) is 16.8 Å². The van der Waals surface area contributed by atoms with Crippen molar-refractivity contribution in [2.75, 3.05) is 13.6 Å². The molecule has 0 aliphatic rings. The van der Waals surface area contributed by atoms with E-state index in [9.17, 15) is 16.8 Å². The van der Waals surface area contributed by atoms with Crippen molar-refractivity contribution in [1.29, 1.82) is 0 Å². The average Bonchev–Trinajstić information content (AvgIpc) is 2.28. The maximum absolute atomic E-state index is 11.9. The summed E-state index contributed by atoms with van der Waals surface area (Å²) in [5, 5.41) is 0. The van der Waals surface area contributed by atoms with Crippen LogP contribution in [-0.2, 0) is 19.1 Å². The van der Waals surface area contributed by atoms with Gasteiger partial charge in [0.15, 0.2) is 0 Å². The number of rotatable bonds is 4. The molecule has 18 heavy (non-hydrogen) atoms. The Labute approximate surface area is 111 Å². The molecule has 0 N–H and O–H groups in total. The highest BCUT2D eigenvalue weighted by Gasteiger charge is 2.20. The van der Waals surface area contributed by atoms with Crippen molar-refractivity contribution in [3.63, 3.8) is 0 Å². The Morgan fingerprint density at radius 3 is 2.00 bits per heavy atom. The number of terminal acetylenes is 1. The van der Waals surface area contributed by atoms with E-state index in [0.717, 1.165) is 28.6 Å². The first kappa shape index (κ1) is 15.0. The summed E-state index contributed by atoms with van der Waals surface area (Å²) < 4.78 is 46.9. The third-order valence-electron chi connectivity index (χ3n) is 2.13. The maximum atomic E-state index is 11.9. The molecule has 1 rings (SSSR count). The molecule has 0 atom stereocenters. The number of sulfonamides is 1. The second-order valence-electron chi connectivity index (χ2n) is 3.37. The fraction of sp³-hybridized carbons (Fsp3) is 0.200. The van der Waals surface area contributed by atoms with E-state index in [1.807, 2.05) is 0 Å². The van der Waals surface area contributed by atoms with Crippen molar-refractivity contribution < 1.29 is 16.8 Å². The summed E-state index contributed by atoms with van der Waals surface area (Å²) in [6.07, 6.45) is 5.03. The predicted octanol–water partition coefficient (Wildman–Crippen LogP) is 0.868. The highest BCUT2D eigenvalue weighted by Crippen LogP contribution is 2.19. The molecule has 8 heteroatoms. The first-order chi connectivity index (χ1) is 8.19. The molecule has 0 heterocycles. The molecule has 1 aromatic rings. The molecule has 0 aliphatic carbocycles. The molecular formula is C10H10ClNO4S2. The molecule has 0 radical (unpaired) electrons. The highest BCUT2D eigenvalue weighted by atomic mass is 35.7. The average molecular weight is 308 g/mol. The number of nitrogens with zero attached hydrogens (tertiary/aromatic N) is 1. The van der Waals surface area contributed by atoms with Gasteiger partial charge in [-0.2, -0.15) is 4.31 Å². The number of benzene rings is 1. The fourth-order valence-corrected chi connectivity index (χ4v) is 3.02. The largest absolute Gasteiger partial charge is 0.261 e. The SMILES string of the molecule is C#CCN(C)S(=O)(=O)c1ccc(S(=O)(=O)Cl)cc1. The molecule has 0 aliphatic heterocycles. The lowest BCUT2D eigenvalue weighted by Gasteiger charge is -2.14. The van der Waals surface area contributed by atoms with E-state index >= 15 is 0 Å². The Morgan fingerprint density at radius 2 is 1.61 bits per heavy atom. The van der Waals surface area contributed by atoms with Crippen LogP contribution < -0.4 is 0 Å². The molecule has 5 nitrogen and oxygen atoms in total. The first-order valence-corrected chi connectivity index (χ1v) is 8.39. The van der Waals surface area contributed by atoms with Gasteiger partial charge in [0.1, 0.15) is 0 Å². The minimum Gasteiger partial charge on any atom is -0.207 e. The van der Waals surface area contributed by atoms with E-state index in [2.05, 4.69) is 5.92 Å². The molecule has 0 bridgehead atoms. The molecular weight excluding hydrogens is 298 g/mol. The monoisotopic (exact) mass is 307 g/mol. The molecule has 0 spiro atoms. The Kier molecular flexibility index (Phi) is 4.40. The number of hydrogen-bond acceptors (Lipinski definition) is 4. The normalized spacial score (nSPS) is 12.3. The van der Waals surface area contributed by atoms with Gasteiger partial charge in [0, 0.05) is 17.7 Å². The van der Waals surface area contributed by atoms with Crippen LogP contribution in [0.15, 0.2) is 34.1 Å². The van der Waals surface area contributed by atoms with E-state index in [1.54, 1.807) is 0 Å². The first-order valence-electron chi connectivity index (χ1n) is 4.64. The minimum atomic E-state index is -3.86. The summed E-state index contributed by atoms with van der Waals surface area (Å²) in [5.41, 5.74) is 0. The van der Waals surface area contributed by atoms with Gasteiger partial charge in [0.05, 0.1) is 16.3 Å². The summed E-state index contributed by atoms with van der Waals surface area (Å²) in [5.74, 6) is 2.21. The quantitative estimate of drug-likeness (QED) is 0.611. The molecule has 0 unspecified atom stereocenters. The maximum Gasteiger partial charge on any atom is 0.261 e. The Morgan fingerprint density at radius 1 is 1.17 bits per heavy atom. The van der Waals surface area contributed by atoms with Crippen LogP contribution in [0.3, 0.4) is 0 Å². The van der Waals surface area contributed by atoms with Gasteiger partial charge in [-0.05, 0) is 24.3 Å². The van der Waals surface area contributed by atoms with E-state index in [-0.39, 0.29) is 16.3 Å². The zero-order valence-electron chi connectivity index (χ0n) is 9.37. The Hall–Kier alpha value is -1.07. The lowest BCUT2D eigenvalue weighted by atomic mass is 10.4. The second kappa shape index (κ2) is 5.28. The molecule has 0 aromatic heterocycles. The van der Waals surface area contributed by atoms with Gasteiger partial charge < -0.3 is 0 Å². The van der Waals surface area contributed by atoms with Gasteiger partial charge >= 0.3 is 0 Å². The fourth-order valence-electron chi connectivity index (χ4n) is 1.17. The van der Waals surface area contributed by atoms with Crippen molar-refractivity contribution in [3.8, 4) is 12.3 Å². The van der Waals surface area contributed by atoms with Crippen LogP contribution in [0.4, 0.5) is 0 Å². The third-order valence-corrected chi connectivity index (χ3v) is 5.31. The van der Waals surface area contributed by atoms with E-state index in [4.69, 9.17) is 17.1 Å². The van der Waals surface area contributed by atoms with Crippen molar-refractivity contribution in [2.45, 2.75) is 9.79 Å². The van der Waals surface area contributed by atoms with Crippen LogP contribution in [-0.4, -0.2) is 34.7 Å². The lowest BCUT2D eigenvalue weighted by Crippen LogP contribution is -2.27. The van der Waals surface area contributed by atoms with Crippen LogP contribution >= 0.6 is 10.7 Å². The molecule has 0 saturated carbocycles. The van der Waals surface area contributed by atoms with Crippen molar-refractivity contribution in [3.05, 3.63) is 24.3 Å². The predicted molar refractivity (Wildman–Crippen MR) is 68.1 cm³/mol. The van der Waals surface area contributed by atoms with Crippen molar-refractivity contribution in [2.24, 2.45) is 0 Å². The van der Waals surface area contributed by atoms with Crippen LogP contribution in [0, 0.1) is 12.3 Å². The van der Waals surface area contributed by atoms with E-state index in [1.165, 1.54) is 7.05 Å². The zero-order chi connectivity index (χ0) is 14.0. The summed E-state index contributed by atoms with van der Waals surface area (Å²) in [7, 11) is -1.12. The van der Waals surface area contributed by atoms with Crippen molar-refractivity contribution >= 4 is 29.8 Å². The summed E-state index contributed by atoms with van der Waals surface area (Å²) in [4.78, 5) is -0.216. The standard InChI is InChI=1S/C10H10ClNO4S2/c1-3-8-12(2)18(15,16)10-6-4-9(5-7-10)17(11,13)14/h1,4-7H,8H2,2H3. The van der Waals surface area contributed by atoms with Gasteiger partial charge in [0.2, 0.25) is 10.0 Å². The second-order valence-corrected chi connectivity index (χ2v) is 7.99. The highest BCUT2D eigenvalue weighted by molar-refractivity contribution is 8.13. The molecule has 98 valence electrons. The van der Waals surface area contributed by atoms with E-state index < -0.39 is 19.1 Å². The smallest absolute Gasteiger partial charge is 0.207 e. The Balaban J connectivity index is 3.18. The van der Waals surface area contributed by atoms with Crippen LogP contribution in [0.2, 0.25) is 0 Å². The number of halogens is 1. The third kappa shape index (κ3) is 3.23. The molecule has 1 aromatic carbocycles. The van der Waals surface area contributed by atoms with Crippen LogP contribution in [0.25, 0.3) is 0 Å². The summed E-state index contributed by atoms with van der Waals surface area (Å²) >= 11 is 0. The number of hydrogen-bond donors (Lipinski definition) is 0. The summed E-state index contributed by atoms with van der Waals surface area (Å²) in [6.45, 7) is -0.0715. The molecule has 0 saturated heterocycles. The van der Waals surface area contributed by atoms with Crippen molar-refractivity contribution in [1.82, 2.24) is 4.31 Å². The van der Waals surface area contributed by atoms with Crippen LogP contribution in [0.5, 0.6) is 0 Å². The zero-order valence-corrected chi connectivity index (χ0v) is 11.8. The summed E-state index contributed by atoms with van der Waals surface area (Å²) in [6, 6.07) is 4.58. The lowest BCUT2D eigenvalue weighted by molar-refractivity contribution is 0.503. The van der Waals surface area contributed by atoms with Gasteiger partial charge in [-0.15, -0.1) is 6.42 Å². The van der Waals surface area contributed by atoms with Gasteiger partial charge in [0.25, 0.3) is 9.05 Å². The molecule has 0 amide bonds. The molecule has 0 fully saturated rings. The topological polar surface area (TPSA) is 71.5 Å². The Bertz CT molecular complexity index is 672. The van der Waals surface area contributed by atoms with Gasteiger partial charge in [-0.3, -0.25) is 0 Å².